The molecule has 20 heavy (non-hydrogen) atoms. The van der Waals surface area contributed by atoms with Crippen LogP contribution in [0.3, 0.4) is 0 Å². The Morgan fingerprint density at radius 1 is 1.35 bits per heavy atom. The number of aliphatic hydroxyl groups excluding tert-OH is 1. The van der Waals surface area contributed by atoms with Crippen molar-refractivity contribution in [3.8, 4) is 0 Å². The van der Waals surface area contributed by atoms with E-state index >= 15 is 0 Å². The minimum atomic E-state index is -0.312. The fourth-order valence-electron chi connectivity index (χ4n) is 2.37. The Bertz CT molecular complexity index is 599. The molecule has 1 unspecified atom stereocenters. The normalized spacial score (nSPS) is 13.4. The van der Waals surface area contributed by atoms with E-state index in [2.05, 4.69) is 29.1 Å². The van der Waals surface area contributed by atoms with Crippen LogP contribution in [0.4, 0.5) is 5.82 Å². The Balaban J connectivity index is 2.18. The number of nitrogens with zero attached hydrogens (tertiary/aromatic N) is 2. The van der Waals surface area contributed by atoms with Gasteiger partial charge < -0.3 is 10.4 Å². The third-order valence-corrected chi connectivity index (χ3v) is 3.42. The molecule has 0 spiro atoms. The predicted octanol–water partition coefficient (Wildman–Crippen LogP) is 3.49. The molecule has 108 valence electrons. The number of halogens is 1. The molecule has 1 aromatic carbocycles. The van der Waals surface area contributed by atoms with Gasteiger partial charge in [-0.15, -0.1) is 0 Å². The van der Waals surface area contributed by atoms with Crippen LogP contribution in [0.1, 0.15) is 27.2 Å². The summed E-state index contributed by atoms with van der Waals surface area (Å²) in [5, 5.41) is 14.5. The van der Waals surface area contributed by atoms with E-state index in [0.717, 1.165) is 29.7 Å². The highest BCUT2D eigenvalue weighted by atomic mass is 35.5. The van der Waals surface area contributed by atoms with Crippen LogP contribution in [-0.2, 0) is 0 Å². The minimum Gasteiger partial charge on any atom is -0.393 e. The second-order valence-electron chi connectivity index (χ2n) is 5.95. The lowest BCUT2D eigenvalue weighted by Gasteiger charge is -2.26. The lowest BCUT2D eigenvalue weighted by atomic mass is 9.87. The van der Waals surface area contributed by atoms with Gasteiger partial charge in [0.25, 0.3) is 0 Å². The maximum Gasteiger partial charge on any atom is 0.137 e. The first-order chi connectivity index (χ1) is 9.37. The number of anilines is 1. The number of hydrogen-bond acceptors (Lipinski definition) is 4. The maximum absolute atomic E-state index is 9.52. The first-order valence-corrected chi connectivity index (χ1v) is 7.07. The number of fused-ring (bicyclic) bond motifs is 1. The molecule has 0 aliphatic heterocycles. The number of aliphatic hydroxyl groups is 1. The van der Waals surface area contributed by atoms with Crippen molar-refractivity contribution in [2.24, 2.45) is 5.41 Å². The Labute approximate surface area is 124 Å². The quantitative estimate of drug-likeness (QED) is 0.886. The van der Waals surface area contributed by atoms with Crippen molar-refractivity contribution in [3.05, 3.63) is 29.5 Å². The molecule has 1 atom stereocenters. The number of hydrogen-bond donors (Lipinski definition) is 2. The van der Waals surface area contributed by atoms with Crippen LogP contribution in [0.5, 0.6) is 0 Å². The van der Waals surface area contributed by atoms with Crippen LogP contribution in [0.2, 0.25) is 5.02 Å². The zero-order valence-corrected chi connectivity index (χ0v) is 12.8. The molecule has 4 nitrogen and oxygen atoms in total. The van der Waals surface area contributed by atoms with Gasteiger partial charge in [-0.3, -0.25) is 0 Å². The average molecular weight is 294 g/mol. The van der Waals surface area contributed by atoms with Gasteiger partial charge in [0.1, 0.15) is 12.1 Å². The molecule has 0 saturated heterocycles. The Hall–Kier alpha value is -1.39. The van der Waals surface area contributed by atoms with E-state index in [1.165, 1.54) is 6.33 Å². The molecule has 0 saturated carbocycles. The molecule has 0 bridgehead atoms. The van der Waals surface area contributed by atoms with Gasteiger partial charge in [0.15, 0.2) is 0 Å². The van der Waals surface area contributed by atoms with Crippen molar-refractivity contribution in [1.82, 2.24) is 9.97 Å². The Morgan fingerprint density at radius 3 is 2.80 bits per heavy atom. The molecule has 1 heterocycles. The monoisotopic (exact) mass is 293 g/mol. The van der Waals surface area contributed by atoms with Gasteiger partial charge in [-0.05, 0) is 37.0 Å². The highest BCUT2D eigenvalue weighted by Crippen LogP contribution is 2.26. The summed E-state index contributed by atoms with van der Waals surface area (Å²) in [6.45, 7) is 6.77. The zero-order valence-electron chi connectivity index (χ0n) is 12.0. The third kappa shape index (κ3) is 3.81. The Morgan fingerprint density at radius 2 is 2.10 bits per heavy atom. The van der Waals surface area contributed by atoms with Gasteiger partial charge >= 0.3 is 0 Å². The van der Waals surface area contributed by atoms with Crippen LogP contribution in [0.15, 0.2) is 24.5 Å². The van der Waals surface area contributed by atoms with E-state index < -0.39 is 0 Å². The second kappa shape index (κ2) is 5.94. The van der Waals surface area contributed by atoms with Crippen molar-refractivity contribution in [3.63, 3.8) is 0 Å². The van der Waals surface area contributed by atoms with Gasteiger partial charge in [-0.25, -0.2) is 9.97 Å². The molecule has 1 aromatic heterocycles. The fraction of sp³-hybridized carbons (Fsp3) is 0.467. The van der Waals surface area contributed by atoms with Gasteiger partial charge in [0, 0.05) is 17.0 Å². The topological polar surface area (TPSA) is 58.0 Å². The minimum absolute atomic E-state index is 0.0160. The molecule has 2 N–H and O–H groups in total. The third-order valence-electron chi connectivity index (χ3n) is 3.18. The predicted molar refractivity (Wildman–Crippen MR) is 83.1 cm³/mol. The lowest BCUT2D eigenvalue weighted by Crippen LogP contribution is -2.27. The van der Waals surface area contributed by atoms with Gasteiger partial charge in [-0.2, -0.15) is 0 Å². The molecule has 0 radical (unpaired) electrons. The summed E-state index contributed by atoms with van der Waals surface area (Å²) in [6.07, 6.45) is 1.95. The molecule has 2 rings (SSSR count). The van der Waals surface area contributed by atoms with Gasteiger partial charge in [0.2, 0.25) is 0 Å². The number of rotatable bonds is 5. The van der Waals surface area contributed by atoms with Crippen LogP contribution in [0.25, 0.3) is 10.9 Å². The van der Waals surface area contributed by atoms with E-state index in [-0.39, 0.29) is 11.5 Å². The average Bonchev–Trinajstić information content (AvgIpc) is 2.34. The van der Waals surface area contributed by atoms with E-state index in [1.807, 2.05) is 25.1 Å². The molecule has 0 fully saturated rings. The van der Waals surface area contributed by atoms with Crippen molar-refractivity contribution < 1.29 is 5.11 Å². The second-order valence-corrected chi connectivity index (χ2v) is 6.39. The molecule has 2 aromatic rings. The van der Waals surface area contributed by atoms with Crippen molar-refractivity contribution in [2.45, 2.75) is 33.3 Å². The van der Waals surface area contributed by atoms with Crippen molar-refractivity contribution >= 4 is 28.3 Å². The van der Waals surface area contributed by atoms with Gasteiger partial charge in [0.05, 0.1) is 11.6 Å². The molecule has 5 heteroatoms. The first-order valence-electron chi connectivity index (χ1n) is 6.70. The number of benzene rings is 1. The molecule has 0 aliphatic carbocycles. The zero-order chi connectivity index (χ0) is 14.8. The summed E-state index contributed by atoms with van der Waals surface area (Å²) < 4.78 is 0. The highest BCUT2D eigenvalue weighted by Gasteiger charge is 2.20. The fourth-order valence-corrected chi connectivity index (χ4v) is 2.53. The van der Waals surface area contributed by atoms with Crippen LogP contribution in [0, 0.1) is 5.41 Å². The van der Waals surface area contributed by atoms with E-state index in [9.17, 15) is 5.11 Å². The summed E-state index contributed by atoms with van der Waals surface area (Å²) >= 11 is 5.97. The smallest absolute Gasteiger partial charge is 0.137 e. The molecular weight excluding hydrogens is 274 g/mol. The van der Waals surface area contributed by atoms with Crippen LogP contribution < -0.4 is 5.32 Å². The van der Waals surface area contributed by atoms with E-state index in [4.69, 9.17) is 11.6 Å². The largest absolute Gasteiger partial charge is 0.393 e. The summed E-state index contributed by atoms with van der Waals surface area (Å²) in [4.78, 5) is 8.51. The maximum atomic E-state index is 9.52. The molecular formula is C15H20ClN3O. The summed E-state index contributed by atoms with van der Waals surface area (Å²) in [5.41, 5.74) is 0.807. The summed E-state index contributed by atoms with van der Waals surface area (Å²) in [5.74, 6) is 0.797. The van der Waals surface area contributed by atoms with Crippen molar-refractivity contribution in [1.29, 1.82) is 0 Å². The summed E-state index contributed by atoms with van der Waals surface area (Å²) in [6, 6.07) is 5.58. The van der Waals surface area contributed by atoms with E-state index in [0.29, 0.717) is 5.02 Å². The molecule has 0 amide bonds. The van der Waals surface area contributed by atoms with Crippen LogP contribution >= 0.6 is 11.6 Å². The molecule has 0 aliphatic rings. The van der Waals surface area contributed by atoms with Crippen LogP contribution in [-0.4, -0.2) is 27.7 Å². The standard InChI is InChI=1S/C15H20ClN3O/c1-10(20)7-15(2,3)8-17-14-12-5-4-11(16)6-13(12)18-9-19-14/h4-6,9-10,20H,7-8H2,1-3H3,(H,17,18,19). The van der Waals surface area contributed by atoms with E-state index in [1.54, 1.807) is 0 Å². The first kappa shape index (κ1) is 15.0. The van der Waals surface area contributed by atoms with Gasteiger partial charge in [-0.1, -0.05) is 25.4 Å². The Kier molecular flexibility index (Phi) is 4.45. The number of nitrogens with one attached hydrogen (secondary N) is 1. The number of aromatic nitrogens is 2. The lowest BCUT2D eigenvalue weighted by molar-refractivity contribution is 0.135. The summed E-state index contributed by atoms with van der Waals surface area (Å²) in [7, 11) is 0. The SMILES string of the molecule is CC(O)CC(C)(C)CNc1ncnc2cc(Cl)ccc12. The van der Waals surface area contributed by atoms with Crippen molar-refractivity contribution in [2.75, 3.05) is 11.9 Å². The highest BCUT2D eigenvalue weighted by molar-refractivity contribution is 6.31.